The highest BCUT2D eigenvalue weighted by molar-refractivity contribution is 5.83. The fraction of sp³-hybridized carbons (Fsp3) is 0.385. The summed E-state index contributed by atoms with van der Waals surface area (Å²) >= 11 is 0. The van der Waals surface area contributed by atoms with Crippen molar-refractivity contribution in [3.8, 4) is 0 Å². The molecule has 1 N–H and O–H groups in total. The van der Waals surface area contributed by atoms with E-state index in [-0.39, 0.29) is 0 Å². The first-order valence-electron chi connectivity index (χ1n) is 5.63. The highest BCUT2D eigenvalue weighted by atomic mass is 16.5. The van der Waals surface area contributed by atoms with Crippen LogP contribution in [-0.4, -0.2) is 11.6 Å². The molecular formula is C13H15NO. The number of nitrogens with one attached hydrogen (secondary N) is 1. The summed E-state index contributed by atoms with van der Waals surface area (Å²) in [5, 5.41) is 1.31. The molecule has 0 amide bonds. The van der Waals surface area contributed by atoms with Gasteiger partial charge in [0.05, 0.1) is 6.10 Å². The first-order chi connectivity index (χ1) is 7.45. The third-order valence-corrected chi connectivity index (χ3v) is 3.16. The monoisotopic (exact) mass is 201 g/mol. The third kappa shape index (κ3) is 1.55. The fourth-order valence-electron chi connectivity index (χ4n) is 2.38. The van der Waals surface area contributed by atoms with Gasteiger partial charge in [0, 0.05) is 23.7 Å². The number of fused-ring (bicyclic) bond motifs is 1. The molecule has 0 radical (unpaired) electrons. The molecule has 3 rings (SSSR count). The number of ether oxygens (including phenoxy) is 1. The minimum absolute atomic E-state index is 0.304. The Hall–Kier alpha value is -1.28. The molecule has 15 heavy (non-hydrogen) atoms. The van der Waals surface area contributed by atoms with Crippen molar-refractivity contribution in [3.05, 3.63) is 36.0 Å². The van der Waals surface area contributed by atoms with E-state index < -0.39 is 0 Å². The second-order valence-electron chi connectivity index (χ2n) is 4.14. The molecule has 1 fully saturated rings. The number of rotatable bonds is 1. The van der Waals surface area contributed by atoms with Crippen LogP contribution in [0.2, 0.25) is 0 Å². The zero-order chi connectivity index (χ0) is 10.1. The summed E-state index contributed by atoms with van der Waals surface area (Å²) in [5.41, 5.74) is 2.55. The molecule has 1 saturated heterocycles. The normalized spacial score (nSPS) is 22.0. The van der Waals surface area contributed by atoms with E-state index in [9.17, 15) is 0 Å². The van der Waals surface area contributed by atoms with Gasteiger partial charge < -0.3 is 9.72 Å². The van der Waals surface area contributed by atoms with Gasteiger partial charge in [0.25, 0.3) is 0 Å². The van der Waals surface area contributed by atoms with Crippen molar-refractivity contribution in [1.82, 2.24) is 4.98 Å². The predicted octanol–water partition coefficient (Wildman–Crippen LogP) is 3.41. The van der Waals surface area contributed by atoms with Gasteiger partial charge in [-0.3, -0.25) is 0 Å². The van der Waals surface area contributed by atoms with Crippen LogP contribution in [0.3, 0.4) is 0 Å². The van der Waals surface area contributed by atoms with Gasteiger partial charge in [-0.25, -0.2) is 0 Å². The lowest BCUT2D eigenvalue weighted by Gasteiger charge is -2.23. The Bertz CT molecular complexity index is 454. The number of aromatic nitrogens is 1. The van der Waals surface area contributed by atoms with Gasteiger partial charge in [-0.2, -0.15) is 0 Å². The molecule has 1 aromatic heterocycles. The van der Waals surface area contributed by atoms with Crippen LogP contribution in [0, 0.1) is 0 Å². The highest BCUT2D eigenvalue weighted by Crippen LogP contribution is 2.32. The Labute approximate surface area is 89.3 Å². The number of hydrogen-bond acceptors (Lipinski definition) is 1. The van der Waals surface area contributed by atoms with Crippen LogP contribution >= 0.6 is 0 Å². The summed E-state index contributed by atoms with van der Waals surface area (Å²) in [4.78, 5) is 3.24. The van der Waals surface area contributed by atoms with E-state index in [1.807, 2.05) is 6.20 Å². The summed E-state index contributed by atoms with van der Waals surface area (Å²) in [5.74, 6) is 0. The van der Waals surface area contributed by atoms with E-state index in [1.54, 1.807) is 0 Å². The Kier molecular flexibility index (Phi) is 2.22. The predicted molar refractivity (Wildman–Crippen MR) is 60.8 cm³/mol. The molecule has 0 bridgehead atoms. The van der Waals surface area contributed by atoms with Gasteiger partial charge >= 0.3 is 0 Å². The van der Waals surface area contributed by atoms with Crippen LogP contribution in [0.25, 0.3) is 10.9 Å². The van der Waals surface area contributed by atoms with E-state index >= 15 is 0 Å². The summed E-state index contributed by atoms with van der Waals surface area (Å²) in [7, 11) is 0. The summed E-state index contributed by atoms with van der Waals surface area (Å²) in [6, 6.07) is 8.54. The maximum atomic E-state index is 5.83. The second-order valence-corrected chi connectivity index (χ2v) is 4.14. The van der Waals surface area contributed by atoms with Crippen molar-refractivity contribution in [3.63, 3.8) is 0 Å². The smallest absolute Gasteiger partial charge is 0.0831 e. The molecule has 0 spiro atoms. The molecule has 78 valence electrons. The maximum Gasteiger partial charge on any atom is 0.0831 e. The maximum absolute atomic E-state index is 5.83. The summed E-state index contributed by atoms with van der Waals surface area (Å²) in [6.07, 6.45) is 5.95. The van der Waals surface area contributed by atoms with E-state index in [0.717, 1.165) is 13.0 Å². The van der Waals surface area contributed by atoms with Crippen LogP contribution in [0.5, 0.6) is 0 Å². The SMILES string of the molecule is c1cc(C2CCCCO2)c2cc[nH]c2c1. The molecule has 1 aliphatic rings. The summed E-state index contributed by atoms with van der Waals surface area (Å²) < 4.78 is 5.83. The van der Waals surface area contributed by atoms with Crippen LogP contribution in [0.15, 0.2) is 30.5 Å². The van der Waals surface area contributed by atoms with Crippen molar-refractivity contribution in [2.75, 3.05) is 6.61 Å². The quantitative estimate of drug-likeness (QED) is 0.751. The van der Waals surface area contributed by atoms with E-state index in [0.29, 0.717) is 6.10 Å². The standard InChI is InChI=1S/C13H15NO/c1-2-9-15-13(6-1)11-4-3-5-12-10(11)7-8-14-12/h3-5,7-8,13-14H,1-2,6,9H2. The van der Waals surface area contributed by atoms with Gasteiger partial charge in [-0.1, -0.05) is 12.1 Å². The minimum Gasteiger partial charge on any atom is -0.374 e. The molecule has 1 unspecified atom stereocenters. The molecule has 1 aromatic carbocycles. The molecule has 0 aliphatic carbocycles. The molecule has 2 heteroatoms. The average Bonchev–Trinajstić information content (AvgIpc) is 2.78. The Morgan fingerprint density at radius 2 is 2.20 bits per heavy atom. The summed E-state index contributed by atoms with van der Waals surface area (Å²) in [6.45, 7) is 0.908. The van der Waals surface area contributed by atoms with E-state index in [1.165, 1.54) is 29.3 Å². The minimum atomic E-state index is 0.304. The molecule has 2 aromatic rings. The fourth-order valence-corrected chi connectivity index (χ4v) is 2.38. The third-order valence-electron chi connectivity index (χ3n) is 3.16. The second kappa shape index (κ2) is 3.70. The van der Waals surface area contributed by atoms with E-state index in [4.69, 9.17) is 4.74 Å². The highest BCUT2D eigenvalue weighted by Gasteiger charge is 2.17. The van der Waals surface area contributed by atoms with Gasteiger partial charge in [0.2, 0.25) is 0 Å². The van der Waals surface area contributed by atoms with Crippen molar-refractivity contribution >= 4 is 10.9 Å². The van der Waals surface area contributed by atoms with E-state index in [2.05, 4.69) is 29.2 Å². The van der Waals surface area contributed by atoms with Gasteiger partial charge in [0.1, 0.15) is 0 Å². The van der Waals surface area contributed by atoms with Crippen LogP contribution in [-0.2, 0) is 4.74 Å². The lowest BCUT2D eigenvalue weighted by molar-refractivity contribution is 0.0158. The Balaban J connectivity index is 2.05. The van der Waals surface area contributed by atoms with Crippen LogP contribution < -0.4 is 0 Å². The number of aromatic amines is 1. The molecule has 1 aliphatic heterocycles. The molecule has 2 nitrogen and oxygen atoms in total. The van der Waals surface area contributed by atoms with Gasteiger partial charge in [-0.05, 0) is 37.0 Å². The first kappa shape index (κ1) is 8.98. The largest absolute Gasteiger partial charge is 0.374 e. The first-order valence-corrected chi connectivity index (χ1v) is 5.63. The number of benzene rings is 1. The van der Waals surface area contributed by atoms with Crippen molar-refractivity contribution in [2.45, 2.75) is 25.4 Å². The van der Waals surface area contributed by atoms with Gasteiger partial charge in [-0.15, -0.1) is 0 Å². The lowest BCUT2D eigenvalue weighted by atomic mass is 9.98. The van der Waals surface area contributed by atoms with Crippen molar-refractivity contribution in [2.24, 2.45) is 0 Å². The Morgan fingerprint density at radius 1 is 1.20 bits per heavy atom. The zero-order valence-corrected chi connectivity index (χ0v) is 8.70. The van der Waals surface area contributed by atoms with Crippen LogP contribution in [0.4, 0.5) is 0 Å². The topological polar surface area (TPSA) is 25.0 Å². The number of H-pyrrole nitrogens is 1. The van der Waals surface area contributed by atoms with Crippen molar-refractivity contribution in [1.29, 1.82) is 0 Å². The molecule has 1 atom stereocenters. The molecule has 2 heterocycles. The average molecular weight is 201 g/mol. The molecule has 0 saturated carbocycles. The lowest BCUT2D eigenvalue weighted by Crippen LogP contribution is -2.11. The Morgan fingerprint density at radius 3 is 3.07 bits per heavy atom. The van der Waals surface area contributed by atoms with Crippen molar-refractivity contribution < 1.29 is 4.74 Å². The zero-order valence-electron chi connectivity index (χ0n) is 8.70. The number of hydrogen-bond donors (Lipinski definition) is 1. The van der Waals surface area contributed by atoms with Crippen LogP contribution in [0.1, 0.15) is 30.9 Å². The van der Waals surface area contributed by atoms with Gasteiger partial charge in [0.15, 0.2) is 0 Å². The molecular weight excluding hydrogens is 186 g/mol.